The third kappa shape index (κ3) is 2.55. The van der Waals surface area contributed by atoms with Crippen molar-refractivity contribution in [1.29, 1.82) is 0 Å². The zero-order valence-corrected chi connectivity index (χ0v) is 14.4. The number of benzene rings is 2. The first-order valence-electron chi connectivity index (χ1n) is 10.7. The molecule has 2 aliphatic heterocycles. The molecule has 0 unspecified atom stereocenters. The normalized spacial score (nSPS) is 27.6. The van der Waals surface area contributed by atoms with E-state index < -0.39 is 36.3 Å². The van der Waals surface area contributed by atoms with Gasteiger partial charge in [-0.3, -0.25) is 10.2 Å². The van der Waals surface area contributed by atoms with Crippen molar-refractivity contribution in [2.45, 2.75) is 24.9 Å². The van der Waals surface area contributed by atoms with E-state index >= 15 is 0 Å². The van der Waals surface area contributed by atoms with Crippen LogP contribution in [-0.4, -0.2) is 37.8 Å². The average molecular weight is 342 g/mol. The van der Waals surface area contributed by atoms with E-state index in [2.05, 4.69) is 36.1 Å². The maximum atomic E-state index is 12.4. The van der Waals surface area contributed by atoms with Gasteiger partial charge < -0.3 is 9.64 Å². The Morgan fingerprint density at radius 1 is 1.32 bits per heavy atom. The van der Waals surface area contributed by atoms with Crippen LogP contribution in [0.3, 0.4) is 0 Å². The molecule has 2 atom stereocenters. The molecule has 5 nitrogen and oxygen atoms in total. The Kier molecular flexibility index (Phi) is 2.58. The number of fused-ring (bicyclic) bond motifs is 3. The molecule has 25 heavy (non-hydrogen) atoms. The number of hydrogen-bond acceptors (Lipinski definition) is 4. The Morgan fingerprint density at radius 3 is 2.84 bits per heavy atom. The van der Waals surface area contributed by atoms with Crippen molar-refractivity contribution in [2.75, 3.05) is 30.9 Å². The van der Waals surface area contributed by atoms with E-state index in [0.29, 0.717) is 5.75 Å². The van der Waals surface area contributed by atoms with Gasteiger partial charge in [-0.05, 0) is 49.3 Å². The molecule has 4 rings (SSSR count). The number of rotatable bonds is 2. The average Bonchev–Trinajstić information content (AvgIpc) is 3.13. The highest BCUT2D eigenvalue weighted by atomic mass is 16.6. The molecule has 5 heteroatoms. The van der Waals surface area contributed by atoms with Crippen LogP contribution in [0, 0.1) is 0 Å². The van der Waals surface area contributed by atoms with Crippen LogP contribution in [0.15, 0.2) is 48.4 Å². The van der Waals surface area contributed by atoms with Crippen LogP contribution in [0.4, 0.5) is 16.2 Å². The highest BCUT2D eigenvalue weighted by molar-refractivity contribution is 5.86. The van der Waals surface area contributed by atoms with Crippen LogP contribution in [0.25, 0.3) is 0 Å². The van der Waals surface area contributed by atoms with Crippen LogP contribution in [0.2, 0.25) is 0 Å². The molecule has 0 spiro atoms. The second-order valence-electron chi connectivity index (χ2n) is 6.83. The van der Waals surface area contributed by atoms with Gasteiger partial charge in [-0.1, -0.05) is 25.1 Å². The molecular weight excluding hydrogens is 314 g/mol. The number of carbonyl (C=O) groups excluding carboxylic acids is 1. The molecule has 2 aromatic rings. The molecule has 0 radical (unpaired) electrons. The predicted molar refractivity (Wildman–Crippen MR) is 99.3 cm³/mol. The van der Waals surface area contributed by atoms with Crippen molar-refractivity contribution in [1.82, 2.24) is 4.90 Å². The third-order valence-electron chi connectivity index (χ3n) is 5.24. The molecule has 1 amide bonds. The van der Waals surface area contributed by atoms with Gasteiger partial charge in [-0.15, -0.1) is 0 Å². The summed E-state index contributed by atoms with van der Waals surface area (Å²) in [4.78, 5) is 17.0. The number of hydrogen-bond donors (Lipinski definition) is 1. The molecule has 2 aliphatic rings. The minimum absolute atomic E-state index is 0.0818. The summed E-state index contributed by atoms with van der Waals surface area (Å²) in [5.74, 6) is 0.337. The van der Waals surface area contributed by atoms with Crippen LogP contribution in [-0.2, 0) is 5.41 Å². The smallest absolute Gasteiger partial charge is 0.410 e. The van der Waals surface area contributed by atoms with Gasteiger partial charge in [-0.25, -0.2) is 4.79 Å². The van der Waals surface area contributed by atoms with Crippen LogP contribution >= 0.6 is 0 Å². The molecule has 0 saturated carbocycles. The second kappa shape index (κ2) is 5.77. The number of ether oxygens (including phenoxy) is 1. The predicted octanol–water partition coefficient (Wildman–Crippen LogP) is 3.67. The van der Waals surface area contributed by atoms with E-state index in [1.807, 2.05) is 12.1 Å². The summed E-state index contributed by atoms with van der Waals surface area (Å²) in [5.41, 5.74) is 1.80. The van der Waals surface area contributed by atoms with Crippen LogP contribution in [0.1, 0.15) is 25.8 Å². The summed E-state index contributed by atoms with van der Waals surface area (Å²) in [6.45, 7) is 3.19. The van der Waals surface area contributed by atoms with Crippen molar-refractivity contribution in [3.63, 3.8) is 0 Å². The Labute approximate surface area is 155 Å². The molecule has 0 aliphatic carbocycles. The molecule has 2 aromatic carbocycles. The number of nitrogens with zero attached hydrogens (tertiary/aromatic N) is 2. The number of para-hydroxylation sites is 1. The van der Waals surface area contributed by atoms with Crippen LogP contribution < -0.4 is 15.0 Å². The number of likely N-dealkylation sites (tertiary alicyclic amines) is 1. The van der Waals surface area contributed by atoms with Gasteiger partial charge in [0.15, 0.2) is 0 Å². The summed E-state index contributed by atoms with van der Waals surface area (Å²) >= 11 is 0. The van der Waals surface area contributed by atoms with Gasteiger partial charge in [0, 0.05) is 30.4 Å². The quantitative estimate of drug-likeness (QED) is 0.904. The number of anilines is 2. The molecule has 0 bridgehead atoms. The number of amides is 1. The molecule has 0 aromatic heterocycles. The van der Waals surface area contributed by atoms with Gasteiger partial charge in [0.2, 0.25) is 0 Å². The molecule has 1 fully saturated rings. The summed E-state index contributed by atoms with van der Waals surface area (Å²) in [7, 11) is 4.16. The fourth-order valence-corrected chi connectivity index (χ4v) is 4.17. The first-order valence-corrected chi connectivity index (χ1v) is 8.19. The Bertz CT molecular complexity index is 1030. The fraction of sp³-hybridized carbons (Fsp3) is 0.350. The van der Waals surface area contributed by atoms with E-state index in [-0.39, 0.29) is 17.3 Å². The SMILES string of the molecule is [2H]c1c([2H])c([2H])c(NC(=O)Oc2ccc3c(c2)[C@@]2(C)CCN(C)[C@H]2N3C)c([2H])c1[2H]. The van der Waals surface area contributed by atoms with E-state index in [1.165, 1.54) is 0 Å². The molecular formula is C20H23N3O2. The number of likely N-dealkylation sites (N-methyl/N-ethyl adjacent to an activating group) is 2. The Hall–Kier alpha value is -2.53. The maximum absolute atomic E-state index is 12.4. The van der Waals surface area contributed by atoms with Crippen molar-refractivity contribution in [2.24, 2.45) is 0 Å². The largest absolute Gasteiger partial charge is 0.417 e. The first-order chi connectivity index (χ1) is 14.1. The summed E-state index contributed by atoms with van der Waals surface area (Å²) in [5, 5.41) is 2.30. The van der Waals surface area contributed by atoms with E-state index in [4.69, 9.17) is 11.6 Å². The van der Waals surface area contributed by atoms with Gasteiger partial charge in [-0.2, -0.15) is 0 Å². The minimum atomic E-state index is -0.912. The van der Waals surface area contributed by atoms with Gasteiger partial charge >= 0.3 is 6.09 Å². The lowest BCUT2D eigenvalue weighted by atomic mass is 9.81. The Morgan fingerprint density at radius 2 is 2.08 bits per heavy atom. The summed E-state index contributed by atoms with van der Waals surface area (Å²) in [6, 6.07) is 2.94. The second-order valence-corrected chi connectivity index (χ2v) is 6.83. The topological polar surface area (TPSA) is 44.8 Å². The van der Waals surface area contributed by atoms with Gasteiger partial charge in [0.1, 0.15) is 5.75 Å². The highest BCUT2D eigenvalue weighted by Gasteiger charge is 2.52. The number of carbonyl (C=O) groups is 1. The summed E-state index contributed by atoms with van der Waals surface area (Å²) < 4.78 is 44.2. The third-order valence-corrected chi connectivity index (χ3v) is 5.24. The van der Waals surface area contributed by atoms with Crippen molar-refractivity contribution >= 4 is 17.5 Å². The van der Waals surface area contributed by atoms with E-state index in [0.717, 1.165) is 24.2 Å². The van der Waals surface area contributed by atoms with Crippen molar-refractivity contribution in [3.8, 4) is 5.75 Å². The maximum Gasteiger partial charge on any atom is 0.417 e. The lowest BCUT2D eigenvalue weighted by Gasteiger charge is -2.32. The molecule has 130 valence electrons. The Balaban J connectivity index is 1.59. The van der Waals surface area contributed by atoms with Gasteiger partial charge in [0.05, 0.1) is 13.0 Å². The zero-order valence-electron chi connectivity index (χ0n) is 19.4. The monoisotopic (exact) mass is 342 g/mol. The van der Waals surface area contributed by atoms with Gasteiger partial charge in [0.25, 0.3) is 0 Å². The fourth-order valence-electron chi connectivity index (χ4n) is 4.17. The van der Waals surface area contributed by atoms with Crippen LogP contribution in [0.5, 0.6) is 5.75 Å². The highest BCUT2D eigenvalue weighted by Crippen LogP contribution is 2.51. The molecule has 1 N–H and O–H groups in total. The molecule has 1 saturated heterocycles. The zero-order chi connectivity index (χ0) is 22.0. The number of nitrogens with one attached hydrogen (secondary N) is 1. The first kappa shape index (κ1) is 11.2. The van der Waals surface area contributed by atoms with Crippen molar-refractivity contribution in [3.05, 3.63) is 54.0 Å². The van der Waals surface area contributed by atoms with E-state index in [9.17, 15) is 4.79 Å². The van der Waals surface area contributed by atoms with E-state index in [1.54, 1.807) is 6.07 Å². The van der Waals surface area contributed by atoms with Crippen molar-refractivity contribution < 1.29 is 16.4 Å². The standard InChI is InChI=1S/C20H23N3O2/c1-20-11-12-22(2)18(20)23(3)17-10-9-15(13-16(17)20)25-19(24)21-14-7-5-4-6-8-14/h4-10,13,18H,11-12H2,1-3H3,(H,21,24)/t18-,20+/m0/s1/i4D,5D,6D,7D,8D. The summed E-state index contributed by atoms with van der Waals surface area (Å²) in [6.07, 6.45) is 0.316. The lowest BCUT2D eigenvalue weighted by molar-refractivity contribution is 0.215. The minimum Gasteiger partial charge on any atom is -0.410 e. The molecule has 2 heterocycles. The lowest BCUT2D eigenvalue weighted by Crippen LogP contribution is -2.45.